The normalized spacial score (nSPS) is 25.5. The Balaban J connectivity index is 2.29. The molecule has 0 saturated carbocycles. The van der Waals surface area contributed by atoms with Crippen LogP contribution < -0.4 is 5.32 Å². The lowest BCUT2D eigenvalue weighted by atomic mass is 10.0. The maximum Gasteiger partial charge on any atom is 0.0221 e. The zero-order valence-electron chi connectivity index (χ0n) is 11.5. The highest BCUT2D eigenvalue weighted by Gasteiger charge is 2.24. The molecule has 1 fully saturated rings. The van der Waals surface area contributed by atoms with Gasteiger partial charge in [-0.2, -0.15) is 0 Å². The Kier molecular flexibility index (Phi) is 7.06. The highest BCUT2D eigenvalue weighted by atomic mass is 15.2. The van der Waals surface area contributed by atoms with Gasteiger partial charge in [-0.15, -0.1) is 0 Å². The second-order valence-electron chi connectivity index (χ2n) is 5.33. The van der Waals surface area contributed by atoms with Crippen LogP contribution in [0.1, 0.15) is 52.9 Å². The highest BCUT2D eigenvalue weighted by Crippen LogP contribution is 2.16. The molecule has 0 aromatic carbocycles. The van der Waals surface area contributed by atoms with Gasteiger partial charge in [-0.1, -0.05) is 33.6 Å². The lowest BCUT2D eigenvalue weighted by molar-refractivity contribution is 0.227. The Hall–Kier alpha value is -0.0800. The van der Waals surface area contributed by atoms with Crippen molar-refractivity contribution in [1.29, 1.82) is 0 Å². The number of hydrogen-bond donors (Lipinski definition) is 1. The SMILES string of the molecule is CCCCN(CCCC)CC1NCCC1C. The zero-order chi connectivity index (χ0) is 11.8. The topological polar surface area (TPSA) is 15.3 Å². The molecular weight excluding hydrogens is 196 g/mol. The van der Waals surface area contributed by atoms with Crippen LogP contribution in [0.25, 0.3) is 0 Å². The fourth-order valence-corrected chi connectivity index (χ4v) is 2.48. The van der Waals surface area contributed by atoms with E-state index in [1.807, 2.05) is 0 Å². The third kappa shape index (κ3) is 4.84. The molecule has 0 bridgehead atoms. The van der Waals surface area contributed by atoms with Crippen molar-refractivity contribution in [3.8, 4) is 0 Å². The molecule has 0 aromatic rings. The molecule has 0 aliphatic carbocycles. The first-order valence-corrected chi connectivity index (χ1v) is 7.23. The predicted molar refractivity (Wildman–Crippen MR) is 71.8 cm³/mol. The molecule has 1 heterocycles. The largest absolute Gasteiger partial charge is 0.312 e. The zero-order valence-corrected chi connectivity index (χ0v) is 11.5. The summed E-state index contributed by atoms with van der Waals surface area (Å²) in [7, 11) is 0. The third-order valence-corrected chi connectivity index (χ3v) is 3.80. The van der Waals surface area contributed by atoms with Crippen molar-refractivity contribution in [2.45, 2.75) is 58.9 Å². The Morgan fingerprint density at radius 1 is 1.12 bits per heavy atom. The molecule has 1 saturated heterocycles. The van der Waals surface area contributed by atoms with E-state index in [0.29, 0.717) is 0 Å². The Morgan fingerprint density at radius 2 is 1.75 bits per heavy atom. The maximum atomic E-state index is 3.65. The lowest BCUT2D eigenvalue weighted by Crippen LogP contribution is -2.41. The molecule has 2 unspecified atom stereocenters. The molecule has 2 nitrogen and oxygen atoms in total. The predicted octanol–water partition coefficient (Wildman–Crippen LogP) is 2.89. The van der Waals surface area contributed by atoms with Gasteiger partial charge < -0.3 is 10.2 Å². The van der Waals surface area contributed by atoms with Crippen molar-refractivity contribution in [1.82, 2.24) is 10.2 Å². The van der Waals surface area contributed by atoms with Crippen LogP contribution in [0.5, 0.6) is 0 Å². The van der Waals surface area contributed by atoms with E-state index in [4.69, 9.17) is 0 Å². The molecular formula is C14H30N2. The monoisotopic (exact) mass is 226 g/mol. The van der Waals surface area contributed by atoms with Crippen molar-refractivity contribution < 1.29 is 0 Å². The van der Waals surface area contributed by atoms with Crippen LogP contribution >= 0.6 is 0 Å². The van der Waals surface area contributed by atoms with Gasteiger partial charge in [0.2, 0.25) is 0 Å². The Bertz CT molecular complexity index is 162. The number of nitrogens with one attached hydrogen (secondary N) is 1. The van der Waals surface area contributed by atoms with E-state index in [0.717, 1.165) is 12.0 Å². The molecule has 1 aliphatic rings. The fourth-order valence-electron chi connectivity index (χ4n) is 2.48. The van der Waals surface area contributed by atoms with Gasteiger partial charge >= 0.3 is 0 Å². The van der Waals surface area contributed by atoms with Crippen molar-refractivity contribution in [3.05, 3.63) is 0 Å². The number of rotatable bonds is 8. The lowest BCUT2D eigenvalue weighted by Gasteiger charge is -2.27. The van der Waals surface area contributed by atoms with E-state index in [1.165, 1.54) is 58.3 Å². The van der Waals surface area contributed by atoms with E-state index < -0.39 is 0 Å². The molecule has 0 aromatic heterocycles. The third-order valence-electron chi connectivity index (χ3n) is 3.80. The maximum absolute atomic E-state index is 3.65. The smallest absolute Gasteiger partial charge is 0.0221 e. The average Bonchev–Trinajstić information content (AvgIpc) is 2.68. The summed E-state index contributed by atoms with van der Waals surface area (Å²) in [5.74, 6) is 0.866. The van der Waals surface area contributed by atoms with Crippen LogP contribution in [0, 0.1) is 5.92 Å². The molecule has 1 N–H and O–H groups in total. The molecule has 96 valence electrons. The first kappa shape index (κ1) is 14.0. The summed E-state index contributed by atoms with van der Waals surface area (Å²) in [4.78, 5) is 2.67. The molecule has 2 heteroatoms. The first-order valence-electron chi connectivity index (χ1n) is 7.23. The van der Waals surface area contributed by atoms with Crippen molar-refractivity contribution in [2.24, 2.45) is 5.92 Å². The minimum atomic E-state index is 0.744. The van der Waals surface area contributed by atoms with E-state index in [2.05, 4.69) is 31.0 Å². The molecule has 1 aliphatic heterocycles. The minimum absolute atomic E-state index is 0.744. The van der Waals surface area contributed by atoms with Crippen LogP contribution in [-0.4, -0.2) is 37.1 Å². The number of hydrogen-bond acceptors (Lipinski definition) is 2. The van der Waals surface area contributed by atoms with Gasteiger partial charge in [0.15, 0.2) is 0 Å². The van der Waals surface area contributed by atoms with Crippen molar-refractivity contribution in [2.75, 3.05) is 26.2 Å². The molecule has 0 radical (unpaired) electrons. The van der Waals surface area contributed by atoms with Crippen LogP contribution in [0.3, 0.4) is 0 Å². The van der Waals surface area contributed by atoms with Crippen LogP contribution in [0.4, 0.5) is 0 Å². The van der Waals surface area contributed by atoms with Crippen molar-refractivity contribution >= 4 is 0 Å². The average molecular weight is 226 g/mol. The molecule has 16 heavy (non-hydrogen) atoms. The number of nitrogens with zero attached hydrogens (tertiary/aromatic N) is 1. The summed E-state index contributed by atoms with van der Waals surface area (Å²) < 4.78 is 0. The van der Waals surface area contributed by atoms with Crippen LogP contribution in [0.2, 0.25) is 0 Å². The van der Waals surface area contributed by atoms with Gasteiger partial charge in [-0.25, -0.2) is 0 Å². The second kappa shape index (κ2) is 8.08. The first-order chi connectivity index (χ1) is 7.77. The number of unbranched alkanes of at least 4 members (excludes halogenated alkanes) is 2. The summed E-state index contributed by atoms with van der Waals surface area (Å²) in [6.07, 6.45) is 6.70. The second-order valence-corrected chi connectivity index (χ2v) is 5.33. The molecule has 1 rings (SSSR count). The van der Waals surface area contributed by atoms with Gasteiger partial charge in [-0.3, -0.25) is 0 Å². The summed E-state index contributed by atoms with van der Waals surface area (Å²) >= 11 is 0. The Morgan fingerprint density at radius 3 is 2.19 bits per heavy atom. The van der Waals surface area contributed by atoms with Crippen LogP contribution in [0.15, 0.2) is 0 Å². The summed E-state index contributed by atoms with van der Waals surface area (Å²) in [5, 5.41) is 3.65. The highest BCUT2D eigenvalue weighted by molar-refractivity contribution is 4.83. The molecule has 2 atom stereocenters. The standard InChI is InChI=1S/C14H30N2/c1-4-6-10-16(11-7-5-2)12-14-13(3)8-9-15-14/h13-15H,4-12H2,1-3H3. The molecule has 0 amide bonds. The molecule has 0 spiro atoms. The van der Waals surface area contributed by atoms with Gasteiger partial charge in [0.25, 0.3) is 0 Å². The summed E-state index contributed by atoms with van der Waals surface area (Å²) in [6.45, 7) is 12.0. The van der Waals surface area contributed by atoms with E-state index in [1.54, 1.807) is 0 Å². The van der Waals surface area contributed by atoms with E-state index in [9.17, 15) is 0 Å². The van der Waals surface area contributed by atoms with Crippen LogP contribution in [-0.2, 0) is 0 Å². The van der Waals surface area contributed by atoms with Gasteiger partial charge in [0, 0.05) is 12.6 Å². The quantitative estimate of drug-likeness (QED) is 0.684. The van der Waals surface area contributed by atoms with Gasteiger partial charge in [-0.05, 0) is 44.8 Å². The van der Waals surface area contributed by atoms with Gasteiger partial charge in [0.05, 0.1) is 0 Å². The van der Waals surface area contributed by atoms with E-state index in [-0.39, 0.29) is 0 Å². The summed E-state index contributed by atoms with van der Waals surface area (Å²) in [6, 6.07) is 0.744. The minimum Gasteiger partial charge on any atom is -0.312 e. The van der Waals surface area contributed by atoms with E-state index >= 15 is 0 Å². The fraction of sp³-hybridized carbons (Fsp3) is 1.00. The van der Waals surface area contributed by atoms with Gasteiger partial charge in [0.1, 0.15) is 0 Å². The Labute approximate surface area is 102 Å². The van der Waals surface area contributed by atoms with Crippen molar-refractivity contribution in [3.63, 3.8) is 0 Å². The summed E-state index contributed by atoms with van der Waals surface area (Å²) in [5.41, 5.74) is 0.